The van der Waals surface area contributed by atoms with E-state index in [1.54, 1.807) is 0 Å². The molecule has 0 aliphatic rings. The molecule has 0 aromatic heterocycles. The number of rotatable bonds is 4. The Bertz CT molecular complexity index is 307. The maximum atomic E-state index is 10.5. The summed E-state index contributed by atoms with van der Waals surface area (Å²) < 4.78 is 4.82. The van der Waals surface area contributed by atoms with Gasteiger partial charge in [-0.2, -0.15) is 0 Å². The van der Waals surface area contributed by atoms with Crippen molar-refractivity contribution >= 4 is 5.97 Å². The molecule has 0 amide bonds. The van der Waals surface area contributed by atoms with Gasteiger partial charge in [0.1, 0.15) is 0 Å². The Morgan fingerprint density at radius 3 is 2.79 bits per heavy atom. The van der Waals surface area contributed by atoms with E-state index in [4.69, 9.17) is 9.84 Å². The van der Waals surface area contributed by atoms with Gasteiger partial charge in [0.15, 0.2) is 0 Å². The maximum absolute atomic E-state index is 10.5. The molecule has 3 nitrogen and oxygen atoms in total. The molecule has 0 saturated carbocycles. The smallest absolute Gasteiger partial charge is 0.302 e. The van der Waals surface area contributed by atoms with Crippen molar-refractivity contribution in [3.05, 3.63) is 35.4 Å². The van der Waals surface area contributed by atoms with Crippen molar-refractivity contribution in [1.29, 1.82) is 0 Å². The van der Waals surface area contributed by atoms with Crippen molar-refractivity contribution < 1.29 is 14.6 Å². The Labute approximate surface area is 83.3 Å². The molecule has 0 spiro atoms. The van der Waals surface area contributed by atoms with Crippen LogP contribution in [-0.4, -0.2) is 17.7 Å². The molecule has 14 heavy (non-hydrogen) atoms. The standard InChI is InChI=1S/C11H14O3/c1-9(13)14-6-5-10-3-2-4-11(7-10)8-12/h2-4,7,12H,5-6,8H2,1H3. The van der Waals surface area contributed by atoms with Crippen molar-refractivity contribution in [2.24, 2.45) is 0 Å². The van der Waals surface area contributed by atoms with Crippen molar-refractivity contribution in [1.82, 2.24) is 0 Å². The molecular weight excluding hydrogens is 180 g/mol. The van der Waals surface area contributed by atoms with E-state index in [2.05, 4.69) is 0 Å². The predicted octanol–water partition coefficient (Wildman–Crippen LogP) is 1.28. The summed E-state index contributed by atoms with van der Waals surface area (Å²) in [5, 5.41) is 8.89. The van der Waals surface area contributed by atoms with Crippen LogP contribution in [0, 0.1) is 0 Å². The van der Waals surface area contributed by atoms with E-state index < -0.39 is 0 Å². The van der Waals surface area contributed by atoms with Crippen LogP contribution >= 0.6 is 0 Å². The quantitative estimate of drug-likeness (QED) is 0.734. The first-order valence-corrected chi connectivity index (χ1v) is 4.54. The summed E-state index contributed by atoms with van der Waals surface area (Å²) in [6, 6.07) is 7.59. The highest BCUT2D eigenvalue weighted by atomic mass is 16.5. The van der Waals surface area contributed by atoms with Crippen molar-refractivity contribution in [2.45, 2.75) is 20.0 Å². The Balaban J connectivity index is 2.46. The minimum absolute atomic E-state index is 0.0431. The third kappa shape index (κ3) is 3.58. The number of hydrogen-bond donors (Lipinski definition) is 1. The monoisotopic (exact) mass is 194 g/mol. The third-order valence-corrected chi connectivity index (χ3v) is 1.87. The summed E-state index contributed by atoms with van der Waals surface area (Å²) >= 11 is 0. The first kappa shape index (κ1) is 10.7. The highest BCUT2D eigenvalue weighted by Gasteiger charge is 1.97. The van der Waals surface area contributed by atoms with E-state index >= 15 is 0 Å². The van der Waals surface area contributed by atoms with Gasteiger partial charge in [-0.3, -0.25) is 4.79 Å². The van der Waals surface area contributed by atoms with Gasteiger partial charge in [-0.05, 0) is 11.1 Å². The first-order valence-electron chi connectivity index (χ1n) is 4.54. The maximum Gasteiger partial charge on any atom is 0.302 e. The molecule has 0 bridgehead atoms. The number of aliphatic hydroxyl groups is 1. The fourth-order valence-electron chi connectivity index (χ4n) is 1.20. The van der Waals surface area contributed by atoms with Crippen LogP contribution in [0.25, 0.3) is 0 Å². The molecule has 0 fully saturated rings. The highest BCUT2D eigenvalue weighted by Crippen LogP contribution is 2.05. The number of carbonyl (C=O) groups is 1. The highest BCUT2D eigenvalue weighted by molar-refractivity contribution is 5.65. The van der Waals surface area contributed by atoms with Gasteiger partial charge in [-0.1, -0.05) is 24.3 Å². The minimum Gasteiger partial charge on any atom is -0.466 e. The van der Waals surface area contributed by atoms with E-state index in [1.807, 2.05) is 24.3 Å². The van der Waals surface area contributed by atoms with E-state index in [1.165, 1.54) is 6.92 Å². The third-order valence-electron chi connectivity index (χ3n) is 1.87. The summed E-state index contributed by atoms with van der Waals surface area (Å²) in [5.74, 6) is -0.261. The number of esters is 1. The second kappa shape index (κ2) is 5.40. The van der Waals surface area contributed by atoms with Gasteiger partial charge in [0.05, 0.1) is 13.2 Å². The Hall–Kier alpha value is -1.35. The predicted molar refractivity (Wildman–Crippen MR) is 52.7 cm³/mol. The lowest BCUT2D eigenvalue weighted by molar-refractivity contribution is -0.140. The summed E-state index contributed by atoms with van der Waals surface area (Å²) in [6.45, 7) is 1.83. The number of benzene rings is 1. The molecule has 0 atom stereocenters. The molecule has 76 valence electrons. The van der Waals surface area contributed by atoms with Crippen LogP contribution in [0.15, 0.2) is 24.3 Å². The van der Waals surface area contributed by atoms with Crippen LogP contribution in [0.3, 0.4) is 0 Å². The zero-order valence-electron chi connectivity index (χ0n) is 8.19. The lowest BCUT2D eigenvalue weighted by atomic mass is 10.1. The van der Waals surface area contributed by atoms with Gasteiger partial charge in [-0.25, -0.2) is 0 Å². The average molecular weight is 194 g/mol. The Morgan fingerprint density at radius 1 is 1.43 bits per heavy atom. The molecule has 0 heterocycles. The molecule has 0 aliphatic carbocycles. The van der Waals surface area contributed by atoms with Crippen molar-refractivity contribution in [3.8, 4) is 0 Å². The Morgan fingerprint density at radius 2 is 2.14 bits per heavy atom. The van der Waals surface area contributed by atoms with Gasteiger partial charge in [0.2, 0.25) is 0 Å². The molecule has 0 saturated heterocycles. The molecule has 0 aliphatic heterocycles. The fraction of sp³-hybridized carbons (Fsp3) is 0.364. The average Bonchev–Trinajstić information content (AvgIpc) is 2.18. The number of hydrogen-bond acceptors (Lipinski definition) is 3. The summed E-state index contributed by atoms with van der Waals surface area (Å²) in [6.07, 6.45) is 0.688. The minimum atomic E-state index is -0.261. The summed E-state index contributed by atoms with van der Waals surface area (Å²) in [5.41, 5.74) is 1.95. The van der Waals surface area contributed by atoms with Crippen LogP contribution in [-0.2, 0) is 22.6 Å². The molecule has 0 radical (unpaired) electrons. The molecule has 1 rings (SSSR count). The molecule has 1 aromatic rings. The summed E-state index contributed by atoms with van der Waals surface area (Å²) in [7, 11) is 0. The van der Waals surface area contributed by atoms with E-state index in [0.717, 1.165) is 11.1 Å². The molecule has 3 heteroatoms. The van der Waals surface area contributed by atoms with Gasteiger partial charge >= 0.3 is 5.97 Å². The normalized spacial score (nSPS) is 9.86. The second-order valence-electron chi connectivity index (χ2n) is 3.07. The number of ether oxygens (including phenoxy) is 1. The zero-order valence-corrected chi connectivity index (χ0v) is 8.19. The van der Waals surface area contributed by atoms with Crippen LogP contribution in [0.2, 0.25) is 0 Å². The van der Waals surface area contributed by atoms with Crippen LogP contribution in [0.4, 0.5) is 0 Å². The Kier molecular flexibility index (Phi) is 4.13. The molecule has 1 aromatic carbocycles. The van der Waals surface area contributed by atoms with Crippen LogP contribution in [0.5, 0.6) is 0 Å². The second-order valence-corrected chi connectivity index (χ2v) is 3.07. The largest absolute Gasteiger partial charge is 0.466 e. The topological polar surface area (TPSA) is 46.5 Å². The SMILES string of the molecule is CC(=O)OCCc1cccc(CO)c1. The fourth-order valence-corrected chi connectivity index (χ4v) is 1.20. The lowest BCUT2D eigenvalue weighted by Gasteiger charge is -2.03. The first-order chi connectivity index (χ1) is 6.72. The van der Waals surface area contributed by atoms with Crippen LogP contribution in [0.1, 0.15) is 18.1 Å². The van der Waals surface area contributed by atoms with E-state index in [0.29, 0.717) is 13.0 Å². The van der Waals surface area contributed by atoms with Crippen molar-refractivity contribution in [2.75, 3.05) is 6.61 Å². The van der Waals surface area contributed by atoms with Gasteiger partial charge in [-0.15, -0.1) is 0 Å². The van der Waals surface area contributed by atoms with Gasteiger partial charge in [0, 0.05) is 13.3 Å². The van der Waals surface area contributed by atoms with E-state index in [-0.39, 0.29) is 12.6 Å². The van der Waals surface area contributed by atoms with E-state index in [9.17, 15) is 4.79 Å². The molecular formula is C11H14O3. The van der Waals surface area contributed by atoms with Gasteiger partial charge in [0.25, 0.3) is 0 Å². The van der Waals surface area contributed by atoms with Crippen molar-refractivity contribution in [3.63, 3.8) is 0 Å². The molecule has 0 unspecified atom stereocenters. The lowest BCUT2D eigenvalue weighted by Crippen LogP contribution is -2.03. The summed E-state index contributed by atoms with van der Waals surface area (Å²) in [4.78, 5) is 10.5. The number of aliphatic hydroxyl groups excluding tert-OH is 1. The molecule has 1 N–H and O–H groups in total. The van der Waals surface area contributed by atoms with Gasteiger partial charge < -0.3 is 9.84 Å². The van der Waals surface area contributed by atoms with Crippen LogP contribution < -0.4 is 0 Å². The number of carbonyl (C=O) groups excluding carboxylic acids is 1. The zero-order chi connectivity index (χ0) is 10.4.